The van der Waals surface area contributed by atoms with E-state index in [9.17, 15) is 13.2 Å². The van der Waals surface area contributed by atoms with Crippen LogP contribution in [-0.2, 0) is 29.4 Å². The molecule has 7 heteroatoms. The molecule has 0 saturated heterocycles. The van der Waals surface area contributed by atoms with Gasteiger partial charge in [0.15, 0.2) is 0 Å². The highest BCUT2D eigenvalue weighted by molar-refractivity contribution is 7.88. The van der Waals surface area contributed by atoms with Gasteiger partial charge in [0.1, 0.15) is 5.82 Å². The summed E-state index contributed by atoms with van der Waals surface area (Å²) in [4.78, 5) is 16.8. The summed E-state index contributed by atoms with van der Waals surface area (Å²) in [5, 5.41) is 0.511. The normalized spacial score (nSPS) is 11.8. The third-order valence-corrected chi connectivity index (χ3v) is 5.41. The van der Waals surface area contributed by atoms with Gasteiger partial charge in [0.2, 0.25) is 10.0 Å². The Hall–Kier alpha value is -2.51. The zero-order chi connectivity index (χ0) is 18.0. The van der Waals surface area contributed by atoms with E-state index < -0.39 is 10.0 Å². The van der Waals surface area contributed by atoms with Crippen LogP contribution in [0, 0.1) is 6.92 Å². The first-order chi connectivity index (χ1) is 11.9. The molecule has 0 saturated carbocycles. The van der Waals surface area contributed by atoms with E-state index in [-0.39, 0.29) is 17.9 Å². The van der Waals surface area contributed by atoms with Gasteiger partial charge in [-0.25, -0.2) is 18.1 Å². The second-order valence-electron chi connectivity index (χ2n) is 5.92. The van der Waals surface area contributed by atoms with Gasteiger partial charge in [-0.05, 0) is 30.2 Å². The van der Waals surface area contributed by atoms with Gasteiger partial charge in [-0.3, -0.25) is 9.36 Å². The van der Waals surface area contributed by atoms with E-state index in [4.69, 9.17) is 0 Å². The number of nitrogens with one attached hydrogen (secondary N) is 1. The van der Waals surface area contributed by atoms with E-state index in [2.05, 4.69) is 9.71 Å². The van der Waals surface area contributed by atoms with Crippen LogP contribution in [-0.4, -0.2) is 18.0 Å². The van der Waals surface area contributed by atoms with Gasteiger partial charge in [-0.15, -0.1) is 0 Å². The van der Waals surface area contributed by atoms with Crippen LogP contribution in [0.25, 0.3) is 10.9 Å². The zero-order valence-corrected chi connectivity index (χ0v) is 14.9. The number of rotatable bonds is 5. The summed E-state index contributed by atoms with van der Waals surface area (Å²) in [6.45, 7) is 1.84. The molecule has 0 amide bonds. The molecule has 0 spiro atoms. The maximum Gasteiger partial charge on any atom is 0.261 e. The molecule has 3 rings (SSSR count). The Morgan fingerprint density at radius 3 is 2.52 bits per heavy atom. The van der Waals surface area contributed by atoms with Crippen molar-refractivity contribution in [1.29, 1.82) is 0 Å². The van der Waals surface area contributed by atoms with Crippen LogP contribution >= 0.6 is 0 Å². The van der Waals surface area contributed by atoms with Crippen molar-refractivity contribution in [2.45, 2.75) is 19.2 Å². The number of aromatic nitrogens is 2. The second-order valence-corrected chi connectivity index (χ2v) is 7.72. The van der Waals surface area contributed by atoms with Gasteiger partial charge in [0.25, 0.3) is 5.56 Å². The molecule has 0 unspecified atom stereocenters. The summed E-state index contributed by atoms with van der Waals surface area (Å²) in [6.07, 6.45) is 0. The lowest BCUT2D eigenvalue weighted by atomic mass is 10.1. The van der Waals surface area contributed by atoms with E-state index in [1.54, 1.807) is 37.4 Å². The molecule has 1 heterocycles. The lowest BCUT2D eigenvalue weighted by Crippen LogP contribution is -2.30. The summed E-state index contributed by atoms with van der Waals surface area (Å²) in [5.74, 6) is 0.262. The van der Waals surface area contributed by atoms with E-state index in [0.29, 0.717) is 16.7 Å². The molecule has 3 aromatic rings. The van der Waals surface area contributed by atoms with Crippen molar-refractivity contribution in [3.8, 4) is 0 Å². The number of fused-ring (bicyclic) bond motifs is 1. The maximum atomic E-state index is 12.4. The van der Waals surface area contributed by atoms with Crippen molar-refractivity contribution in [1.82, 2.24) is 14.3 Å². The molecule has 25 heavy (non-hydrogen) atoms. The van der Waals surface area contributed by atoms with Crippen LogP contribution < -0.4 is 10.3 Å². The van der Waals surface area contributed by atoms with Crippen LogP contribution in [0.1, 0.15) is 17.0 Å². The first-order valence-corrected chi connectivity index (χ1v) is 9.49. The Bertz CT molecular complexity index is 1090. The van der Waals surface area contributed by atoms with Gasteiger partial charge in [0, 0.05) is 7.05 Å². The summed E-state index contributed by atoms with van der Waals surface area (Å²) < 4.78 is 28.6. The van der Waals surface area contributed by atoms with Crippen molar-refractivity contribution >= 4 is 20.9 Å². The number of benzene rings is 2. The van der Waals surface area contributed by atoms with Crippen molar-refractivity contribution in [3.05, 3.63) is 75.8 Å². The van der Waals surface area contributed by atoms with Gasteiger partial charge in [-0.1, -0.05) is 36.4 Å². The van der Waals surface area contributed by atoms with Gasteiger partial charge >= 0.3 is 0 Å². The molecule has 0 bridgehead atoms. The number of sulfonamides is 1. The summed E-state index contributed by atoms with van der Waals surface area (Å²) >= 11 is 0. The van der Waals surface area contributed by atoms with E-state index in [0.717, 1.165) is 11.1 Å². The summed E-state index contributed by atoms with van der Waals surface area (Å²) in [6, 6.07) is 14.4. The monoisotopic (exact) mass is 357 g/mol. The number of hydrogen-bond donors (Lipinski definition) is 1. The first-order valence-electron chi connectivity index (χ1n) is 7.84. The largest absolute Gasteiger partial charge is 0.298 e. The van der Waals surface area contributed by atoms with E-state index in [1.165, 1.54) is 4.57 Å². The molecular formula is C18H19N3O3S. The van der Waals surface area contributed by atoms with Gasteiger partial charge in [0.05, 0.1) is 23.2 Å². The molecule has 130 valence electrons. The summed E-state index contributed by atoms with van der Waals surface area (Å²) in [7, 11) is -1.95. The minimum Gasteiger partial charge on any atom is -0.298 e. The van der Waals surface area contributed by atoms with Gasteiger partial charge < -0.3 is 0 Å². The predicted molar refractivity (Wildman–Crippen MR) is 97.6 cm³/mol. The number of aryl methyl sites for hydroxylation is 1. The van der Waals surface area contributed by atoms with Crippen LogP contribution in [0.15, 0.2) is 53.3 Å². The molecular weight excluding hydrogens is 338 g/mol. The minimum absolute atomic E-state index is 0.0369. The molecule has 1 aromatic heterocycles. The van der Waals surface area contributed by atoms with Crippen molar-refractivity contribution in [2.24, 2.45) is 7.05 Å². The van der Waals surface area contributed by atoms with Crippen LogP contribution in [0.3, 0.4) is 0 Å². The quantitative estimate of drug-likeness (QED) is 0.756. The fourth-order valence-electron chi connectivity index (χ4n) is 2.62. The molecule has 1 N–H and O–H groups in total. The molecule has 2 aromatic carbocycles. The smallest absolute Gasteiger partial charge is 0.261 e. The fraction of sp³-hybridized carbons (Fsp3) is 0.222. The average molecular weight is 357 g/mol. The Morgan fingerprint density at radius 1 is 1.08 bits per heavy atom. The highest BCUT2D eigenvalue weighted by Gasteiger charge is 2.15. The van der Waals surface area contributed by atoms with E-state index >= 15 is 0 Å². The molecule has 0 radical (unpaired) electrons. The number of nitrogens with zero attached hydrogens (tertiary/aromatic N) is 2. The lowest BCUT2D eigenvalue weighted by Gasteiger charge is -2.11. The molecule has 0 fully saturated rings. The van der Waals surface area contributed by atoms with Crippen molar-refractivity contribution in [2.75, 3.05) is 0 Å². The van der Waals surface area contributed by atoms with Crippen molar-refractivity contribution in [3.63, 3.8) is 0 Å². The predicted octanol–water partition coefficient (Wildman–Crippen LogP) is 1.86. The van der Waals surface area contributed by atoms with E-state index in [1.807, 2.05) is 25.1 Å². The molecule has 0 aliphatic rings. The van der Waals surface area contributed by atoms with Crippen LogP contribution in [0.5, 0.6) is 0 Å². The van der Waals surface area contributed by atoms with Crippen molar-refractivity contribution < 1.29 is 8.42 Å². The number of para-hydroxylation sites is 1. The molecule has 0 aliphatic heterocycles. The zero-order valence-electron chi connectivity index (χ0n) is 14.1. The molecule has 0 aliphatic carbocycles. The Labute approximate surface area is 146 Å². The highest BCUT2D eigenvalue weighted by Crippen LogP contribution is 2.11. The van der Waals surface area contributed by atoms with Crippen LogP contribution in [0.4, 0.5) is 0 Å². The van der Waals surface area contributed by atoms with Crippen LogP contribution in [0.2, 0.25) is 0 Å². The maximum absolute atomic E-state index is 12.4. The highest BCUT2D eigenvalue weighted by atomic mass is 32.2. The number of hydrogen-bond acceptors (Lipinski definition) is 4. The fourth-order valence-corrected chi connectivity index (χ4v) is 3.81. The Morgan fingerprint density at radius 2 is 1.76 bits per heavy atom. The third kappa shape index (κ3) is 3.78. The third-order valence-electron chi connectivity index (χ3n) is 4.13. The van der Waals surface area contributed by atoms with Gasteiger partial charge in [-0.2, -0.15) is 0 Å². The topological polar surface area (TPSA) is 81.1 Å². The molecule has 6 nitrogen and oxygen atoms in total. The SMILES string of the molecule is Cc1ccccc1CS(=O)(=O)NCc1nc2ccccc2c(=O)n1C. The Balaban J connectivity index is 1.84. The summed E-state index contributed by atoms with van der Waals surface area (Å²) in [5.41, 5.74) is 2.02. The molecule has 0 atom stereocenters. The average Bonchev–Trinajstić information content (AvgIpc) is 2.59. The second kappa shape index (κ2) is 6.78. The lowest BCUT2D eigenvalue weighted by molar-refractivity contribution is 0.575. The standard InChI is InChI=1S/C18H19N3O3S/c1-13-7-3-4-8-14(13)12-25(23,24)19-11-17-20-16-10-6-5-9-15(16)18(22)21(17)2/h3-10,19H,11-12H2,1-2H3. The minimum atomic E-state index is -3.54. The first kappa shape index (κ1) is 17.3. The Kier molecular flexibility index (Phi) is 4.69.